The Balaban J connectivity index is 2.15. The van der Waals surface area contributed by atoms with Crippen LogP contribution in [0.25, 0.3) is 0 Å². The van der Waals surface area contributed by atoms with Crippen LogP contribution in [0.2, 0.25) is 0 Å². The zero-order valence-corrected chi connectivity index (χ0v) is 13.6. The maximum atomic E-state index is 10.6. The summed E-state index contributed by atoms with van der Waals surface area (Å²) in [6.07, 6.45) is 2.43. The first-order valence-corrected chi connectivity index (χ1v) is 6.94. The molecule has 0 aliphatic rings. The maximum Gasteiger partial charge on any atom is 0.250 e. The van der Waals surface area contributed by atoms with Crippen molar-refractivity contribution in [3.05, 3.63) is 35.4 Å². The molecule has 0 aliphatic carbocycles. The minimum Gasteiger partial charge on any atom is -0.347 e. The first-order chi connectivity index (χ1) is 11.0. The fraction of sp³-hybridized carbons (Fsp3) is 0.267. The molecule has 2 rings (SSSR count). The third-order valence-corrected chi connectivity index (χ3v) is 2.86. The molecular formula is C15H19N7O. The third-order valence-electron chi connectivity index (χ3n) is 2.86. The Morgan fingerprint density at radius 1 is 0.913 bits per heavy atom. The highest BCUT2D eigenvalue weighted by Crippen LogP contribution is 2.13. The van der Waals surface area contributed by atoms with Crippen molar-refractivity contribution in [1.29, 1.82) is 0 Å². The highest BCUT2D eigenvalue weighted by molar-refractivity contribution is 5.82. The van der Waals surface area contributed by atoms with Crippen LogP contribution in [-0.2, 0) is 0 Å². The number of aromatic nitrogens is 3. The number of hydrogen-bond acceptors (Lipinski definition) is 8. The van der Waals surface area contributed by atoms with E-state index in [4.69, 9.17) is 0 Å². The van der Waals surface area contributed by atoms with Crippen LogP contribution in [0, 0.1) is 0 Å². The Bertz CT molecular complexity index is 669. The largest absolute Gasteiger partial charge is 0.347 e. The van der Waals surface area contributed by atoms with E-state index in [1.807, 2.05) is 28.2 Å². The van der Waals surface area contributed by atoms with Gasteiger partial charge in [-0.3, -0.25) is 4.79 Å². The highest BCUT2D eigenvalue weighted by atomic mass is 16.1. The second kappa shape index (κ2) is 7.30. The van der Waals surface area contributed by atoms with Crippen molar-refractivity contribution in [2.75, 3.05) is 43.4 Å². The van der Waals surface area contributed by atoms with Crippen molar-refractivity contribution in [2.24, 2.45) is 5.10 Å². The summed E-state index contributed by atoms with van der Waals surface area (Å²) < 4.78 is 0. The molecule has 2 aromatic rings. The van der Waals surface area contributed by atoms with Crippen LogP contribution in [-0.4, -0.2) is 55.6 Å². The van der Waals surface area contributed by atoms with E-state index in [1.54, 1.807) is 40.3 Å². The van der Waals surface area contributed by atoms with Crippen LogP contribution in [0.5, 0.6) is 0 Å². The normalized spacial score (nSPS) is 10.6. The quantitative estimate of drug-likeness (QED) is 0.488. The lowest BCUT2D eigenvalue weighted by molar-refractivity contribution is 0.112. The Labute approximate surface area is 134 Å². The van der Waals surface area contributed by atoms with Gasteiger partial charge in [0.05, 0.1) is 6.21 Å². The summed E-state index contributed by atoms with van der Waals surface area (Å²) in [6.45, 7) is 0. The minimum absolute atomic E-state index is 0.355. The van der Waals surface area contributed by atoms with Gasteiger partial charge in [0.25, 0.3) is 0 Å². The SMILES string of the molecule is CN(C)c1nc(N/N=C/c2ccc(C=O)cc2)nc(N(C)C)n1. The second-order valence-electron chi connectivity index (χ2n) is 5.20. The lowest BCUT2D eigenvalue weighted by atomic mass is 10.2. The number of anilines is 3. The molecule has 0 saturated carbocycles. The molecule has 120 valence electrons. The Kier molecular flexibility index (Phi) is 5.19. The molecule has 1 aromatic heterocycles. The molecule has 0 unspecified atom stereocenters. The molecule has 0 aliphatic heterocycles. The molecule has 1 aromatic carbocycles. The van der Waals surface area contributed by atoms with Gasteiger partial charge >= 0.3 is 0 Å². The summed E-state index contributed by atoms with van der Waals surface area (Å²) in [7, 11) is 7.43. The molecule has 8 nitrogen and oxygen atoms in total. The van der Waals surface area contributed by atoms with E-state index in [-0.39, 0.29) is 0 Å². The fourth-order valence-electron chi connectivity index (χ4n) is 1.63. The van der Waals surface area contributed by atoms with Gasteiger partial charge in [0.1, 0.15) is 6.29 Å². The Morgan fingerprint density at radius 3 is 1.91 bits per heavy atom. The molecule has 23 heavy (non-hydrogen) atoms. The van der Waals surface area contributed by atoms with Crippen molar-refractivity contribution in [2.45, 2.75) is 0 Å². The van der Waals surface area contributed by atoms with Crippen molar-refractivity contribution in [3.8, 4) is 0 Å². The minimum atomic E-state index is 0.355. The highest BCUT2D eigenvalue weighted by Gasteiger charge is 2.08. The summed E-state index contributed by atoms with van der Waals surface area (Å²) in [5, 5.41) is 4.12. The van der Waals surface area contributed by atoms with E-state index in [0.717, 1.165) is 11.8 Å². The summed E-state index contributed by atoms with van der Waals surface area (Å²) in [5.74, 6) is 1.43. The number of aldehydes is 1. The van der Waals surface area contributed by atoms with Gasteiger partial charge < -0.3 is 9.80 Å². The summed E-state index contributed by atoms with van der Waals surface area (Å²) in [6, 6.07) is 7.06. The molecule has 1 N–H and O–H groups in total. The Morgan fingerprint density at radius 2 is 1.43 bits per heavy atom. The summed E-state index contributed by atoms with van der Waals surface area (Å²) in [4.78, 5) is 27.1. The molecule has 0 fully saturated rings. The standard InChI is InChI=1S/C15H19N7O/c1-21(2)14-17-13(18-15(19-14)22(3)4)20-16-9-11-5-7-12(10-23)8-6-11/h5-10H,1-4H3,(H,17,18,19,20)/b16-9+. The van der Waals surface area contributed by atoms with E-state index in [9.17, 15) is 4.79 Å². The number of hydrazone groups is 1. The fourth-order valence-corrected chi connectivity index (χ4v) is 1.63. The monoisotopic (exact) mass is 313 g/mol. The van der Waals surface area contributed by atoms with E-state index >= 15 is 0 Å². The van der Waals surface area contributed by atoms with Crippen LogP contribution in [0.1, 0.15) is 15.9 Å². The van der Waals surface area contributed by atoms with Gasteiger partial charge in [-0.2, -0.15) is 20.1 Å². The number of rotatable bonds is 6. The van der Waals surface area contributed by atoms with Gasteiger partial charge in [-0.1, -0.05) is 24.3 Å². The van der Waals surface area contributed by atoms with Gasteiger partial charge in [-0.25, -0.2) is 5.43 Å². The average Bonchev–Trinajstić information content (AvgIpc) is 2.55. The van der Waals surface area contributed by atoms with Gasteiger partial charge in [-0.15, -0.1) is 0 Å². The molecule has 0 bridgehead atoms. The first-order valence-electron chi connectivity index (χ1n) is 6.94. The van der Waals surface area contributed by atoms with Gasteiger partial charge in [0.2, 0.25) is 17.8 Å². The van der Waals surface area contributed by atoms with Crippen molar-refractivity contribution in [3.63, 3.8) is 0 Å². The molecule has 0 spiro atoms. The number of carbonyl (C=O) groups excluding carboxylic acids is 1. The molecule has 0 saturated heterocycles. The summed E-state index contributed by atoms with van der Waals surface area (Å²) in [5.41, 5.74) is 4.28. The van der Waals surface area contributed by atoms with Crippen molar-refractivity contribution < 1.29 is 4.79 Å². The second-order valence-corrected chi connectivity index (χ2v) is 5.20. The molecule has 1 heterocycles. The molecule has 0 amide bonds. The van der Waals surface area contributed by atoms with Crippen LogP contribution >= 0.6 is 0 Å². The number of nitrogens with zero attached hydrogens (tertiary/aromatic N) is 6. The predicted molar refractivity (Wildman–Crippen MR) is 91.5 cm³/mol. The average molecular weight is 313 g/mol. The van der Waals surface area contributed by atoms with Crippen LogP contribution in [0.15, 0.2) is 29.4 Å². The van der Waals surface area contributed by atoms with E-state index in [1.165, 1.54) is 0 Å². The van der Waals surface area contributed by atoms with Crippen LogP contribution in [0.4, 0.5) is 17.8 Å². The Hall–Kier alpha value is -3.03. The number of nitrogens with one attached hydrogen (secondary N) is 1. The zero-order chi connectivity index (χ0) is 16.8. The van der Waals surface area contributed by atoms with Crippen molar-refractivity contribution in [1.82, 2.24) is 15.0 Å². The van der Waals surface area contributed by atoms with Gasteiger partial charge in [0, 0.05) is 33.8 Å². The molecule has 0 radical (unpaired) electrons. The topological polar surface area (TPSA) is 86.6 Å². The van der Waals surface area contributed by atoms with E-state index < -0.39 is 0 Å². The smallest absolute Gasteiger partial charge is 0.250 e. The van der Waals surface area contributed by atoms with Crippen molar-refractivity contribution >= 4 is 30.3 Å². The van der Waals surface area contributed by atoms with Gasteiger partial charge in [-0.05, 0) is 5.56 Å². The molecule has 0 atom stereocenters. The number of hydrogen-bond donors (Lipinski definition) is 1. The van der Waals surface area contributed by atoms with E-state index in [2.05, 4.69) is 25.5 Å². The maximum absolute atomic E-state index is 10.6. The first kappa shape index (κ1) is 16.3. The van der Waals surface area contributed by atoms with E-state index in [0.29, 0.717) is 23.4 Å². The lowest BCUT2D eigenvalue weighted by Gasteiger charge is -2.15. The van der Waals surface area contributed by atoms with Crippen LogP contribution in [0.3, 0.4) is 0 Å². The lowest BCUT2D eigenvalue weighted by Crippen LogP contribution is -2.19. The summed E-state index contributed by atoms with van der Waals surface area (Å²) >= 11 is 0. The van der Waals surface area contributed by atoms with Crippen LogP contribution < -0.4 is 15.2 Å². The molecule has 8 heteroatoms. The zero-order valence-electron chi connectivity index (χ0n) is 13.6. The van der Waals surface area contributed by atoms with Gasteiger partial charge in [0.15, 0.2) is 0 Å². The number of carbonyl (C=O) groups is 1. The third kappa shape index (κ3) is 4.47. The molecular weight excluding hydrogens is 294 g/mol. The number of benzene rings is 1. The predicted octanol–water partition coefficient (Wildman–Crippen LogP) is 1.26.